The van der Waals surface area contributed by atoms with Gasteiger partial charge in [-0.25, -0.2) is 0 Å². The molecule has 32 heavy (non-hydrogen) atoms. The van der Waals surface area contributed by atoms with Crippen molar-refractivity contribution in [3.05, 3.63) is 106 Å². The molecule has 0 radical (unpaired) electrons. The van der Waals surface area contributed by atoms with Gasteiger partial charge < -0.3 is 10.1 Å². The van der Waals surface area contributed by atoms with E-state index < -0.39 is 0 Å². The summed E-state index contributed by atoms with van der Waals surface area (Å²) in [7, 11) is 0. The zero-order valence-electron chi connectivity index (χ0n) is 17.4. The molecule has 1 amide bonds. The van der Waals surface area contributed by atoms with E-state index in [1.807, 2.05) is 78.9 Å². The number of ketones is 1. The number of benzene rings is 3. The molecule has 1 aliphatic carbocycles. The van der Waals surface area contributed by atoms with Gasteiger partial charge in [0.25, 0.3) is 0 Å². The molecule has 1 aliphatic heterocycles. The Hall–Kier alpha value is -3.37. The molecule has 1 heterocycles. The summed E-state index contributed by atoms with van der Waals surface area (Å²) < 4.78 is 5.97. The SMILES string of the molecule is O=C1C[C@@H](c2cccc(Oc3ccccc3)c2)C2=C(C[C@@H](c3ccccc3Cl)CC2=O)N1. The average molecular weight is 444 g/mol. The first kappa shape index (κ1) is 20.5. The highest BCUT2D eigenvalue weighted by atomic mass is 35.5. The van der Waals surface area contributed by atoms with Crippen molar-refractivity contribution >= 4 is 23.3 Å². The number of hydrogen-bond donors (Lipinski definition) is 1. The van der Waals surface area contributed by atoms with Crippen LogP contribution in [0.25, 0.3) is 0 Å². The number of allylic oxidation sites excluding steroid dienone is 2. The highest BCUT2D eigenvalue weighted by Crippen LogP contribution is 2.44. The highest BCUT2D eigenvalue weighted by Gasteiger charge is 2.38. The van der Waals surface area contributed by atoms with E-state index in [9.17, 15) is 9.59 Å². The first-order valence-electron chi connectivity index (χ1n) is 10.7. The van der Waals surface area contributed by atoms with Gasteiger partial charge in [-0.1, -0.05) is 60.1 Å². The summed E-state index contributed by atoms with van der Waals surface area (Å²) in [6.45, 7) is 0. The molecule has 0 saturated heterocycles. The van der Waals surface area contributed by atoms with E-state index in [0.29, 0.717) is 29.2 Å². The lowest BCUT2D eigenvalue weighted by Gasteiger charge is -2.34. The van der Waals surface area contributed by atoms with Crippen LogP contribution >= 0.6 is 11.6 Å². The number of Topliss-reactive ketones (excluding diaryl/α,β-unsaturated/α-hetero) is 1. The number of para-hydroxylation sites is 1. The summed E-state index contributed by atoms with van der Waals surface area (Å²) in [6, 6.07) is 24.8. The van der Waals surface area contributed by atoms with Gasteiger partial charge in [0.2, 0.25) is 5.91 Å². The van der Waals surface area contributed by atoms with Crippen LogP contribution in [0.1, 0.15) is 42.2 Å². The van der Waals surface area contributed by atoms with E-state index in [0.717, 1.165) is 22.6 Å². The van der Waals surface area contributed by atoms with Crippen LogP contribution in [0.3, 0.4) is 0 Å². The van der Waals surface area contributed by atoms with Gasteiger partial charge in [0, 0.05) is 35.1 Å². The molecule has 0 unspecified atom stereocenters. The molecule has 3 aromatic carbocycles. The number of carbonyl (C=O) groups excluding carboxylic acids is 2. The molecule has 2 aliphatic rings. The predicted molar refractivity (Wildman–Crippen MR) is 124 cm³/mol. The lowest BCUT2D eigenvalue weighted by molar-refractivity contribution is -0.122. The second-order valence-corrected chi connectivity index (χ2v) is 8.64. The molecule has 4 nitrogen and oxygen atoms in total. The van der Waals surface area contributed by atoms with E-state index in [-0.39, 0.29) is 29.9 Å². The Morgan fingerprint density at radius 2 is 1.56 bits per heavy atom. The highest BCUT2D eigenvalue weighted by molar-refractivity contribution is 6.31. The molecule has 160 valence electrons. The lowest BCUT2D eigenvalue weighted by Crippen LogP contribution is -2.38. The number of carbonyl (C=O) groups is 2. The van der Waals surface area contributed by atoms with Crippen LogP contribution in [0.5, 0.6) is 11.5 Å². The number of nitrogens with one attached hydrogen (secondary N) is 1. The topological polar surface area (TPSA) is 55.4 Å². The summed E-state index contributed by atoms with van der Waals surface area (Å²) in [5, 5.41) is 3.62. The van der Waals surface area contributed by atoms with Crippen LogP contribution in [-0.4, -0.2) is 11.7 Å². The maximum absolute atomic E-state index is 13.3. The van der Waals surface area contributed by atoms with Crippen molar-refractivity contribution in [2.24, 2.45) is 0 Å². The number of ether oxygens (including phenoxy) is 1. The van der Waals surface area contributed by atoms with Gasteiger partial charge in [0.05, 0.1) is 0 Å². The van der Waals surface area contributed by atoms with Crippen molar-refractivity contribution in [3.8, 4) is 11.5 Å². The minimum atomic E-state index is -0.280. The molecule has 0 saturated carbocycles. The van der Waals surface area contributed by atoms with E-state index in [1.165, 1.54) is 0 Å². The monoisotopic (exact) mass is 443 g/mol. The molecule has 1 N–H and O–H groups in total. The molecule has 0 bridgehead atoms. The molecule has 2 atom stereocenters. The molecule has 0 fully saturated rings. The second-order valence-electron chi connectivity index (χ2n) is 8.23. The van der Waals surface area contributed by atoms with E-state index in [2.05, 4.69) is 5.32 Å². The maximum atomic E-state index is 13.3. The molecule has 0 aromatic heterocycles. The third-order valence-corrected chi connectivity index (χ3v) is 6.46. The third-order valence-electron chi connectivity index (χ3n) is 6.12. The van der Waals surface area contributed by atoms with Crippen LogP contribution in [0.2, 0.25) is 5.02 Å². The normalized spacial score (nSPS) is 20.5. The van der Waals surface area contributed by atoms with Crippen LogP contribution in [0, 0.1) is 0 Å². The summed E-state index contributed by atoms with van der Waals surface area (Å²) in [5.74, 6) is 1.09. The van der Waals surface area contributed by atoms with Gasteiger partial charge in [0.15, 0.2) is 5.78 Å². The van der Waals surface area contributed by atoms with Gasteiger partial charge in [-0.2, -0.15) is 0 Å². The fourth-order valence-corrected chi connectivity index (χ4v) is 4.98. The van der Waals surface area contributed by atoms with Crippen molar-refractivity contribution in [1.82, 2.24) is 5.32 Å². The Labute approximate surface area is 191 Å². The van der Waals surface area contributed by atoms with Crippen molar-refractivity contribution in [2.75, 3.05) is 0 Å². The van der Waals surface area contributed by atoms with Crippen molar-refractivity contribution < 1.29 is 14.3 Å². The molecular weight excluding hydrogens is 422 g/mol. The largest absolute Gasteiger partial charge is 0.457 e. The molecule has 0 spiro atoms. The lowest BCUT2D eigenvalue weighted by atomic mass is 9.73. The van der Waals surface area contributed by atoms with Crippen LogP contribution in [0.4, 0.5) is 0 Å². The fraction of sp³-hybridized carbons (Fsp3) is 0.185. The Morgan fingerprint density at radius 3 is 2.38 bits per heavy atom. The van der Waals surface area contributed by atoms with E-state index in [4.69, 9.17) is 16.3 Å². The summed E-state index contributed by atoms with van der Waals surface area (Å²) in [4.78, 5) is 25.9. The summed E-state index contributed by atoms with van der Waals surface area (Å²) >= 11 is 6.39. The zero-order chi connectivity index (χ0) is 22.1. The van der Waals surface area contributed by atoms with E-state index in [1.54, 1.807) is 0 Å². The first-order chi connectivity index (χ1) is 15.6. The fourth-order valence-electron chi connectivity index (χ4n) is 4.69. The minimum absolute atomic E-state index is 0.0400. The maximum Gasteiger partial charge on any atom is 0.225 e. The average Bonchev–Trinajstić information content (AvgIpc) is 2.79. The molecule has 5 heteroatoms. The van der Waals surface area contributed by atoms with Gasteiger partial charge in [-0.3, -0.25) is 9.59 Å². The third kappa shape index (κ3) is 4.06. The van der Waals surface area contributed by atoms with Crippen molar-refractivity contribution in [3.63, 3.8) is 0 Å². The van der Waals surface area contributed by atoms with Crippen LogP contribution in [0.15, 0.2) is 90.1 Å². The van der Waals surface area contributed by atoms with Crippen LogP contribution in [-0.2, 0) is 9.59 Å². The minimum Gasteiger partial charge on any atom is -0.457 e. The number of halogens is 1. The van der Waals surface area contributed by atoms with Gasteiger partial charge in [-0.05, 0) is 53.8 Å². The predicted octanol–water partition coefficient (Wildman–Crippen LogP) is 6.14. The van der Waals surface area contributed by atoms with Gasteiger partial charge in [0.1, 0.15) is 11.5 Å². The Balaban J connectivity index is 1.47. The number of hydrogen-bond acceptors (Lipinski definition) is 3. The molecule has 5 rings (SSSR count). The smallest absolute Gasteiger partial charge is 0.225 e. The van der Waals surface area contributed by atoms with E-state index >= 15 is 0 Å². The quantitative estimate of drug-likeness (QED) is 0.527. The van der Waals surface area contributed by atoms with Crippen molar-refractivity contribution in [2.45, 2.75) is 31.1 Å². The van der Waals surface area contributed by atoms with Crippen molar-refractivity contribution in [1.29, 1.82) is 0 Å². The van der Waals surface area contributed by atoms with Crippen LogP contribution < -0.4 is 10.1 Å². The zero-order valence-corrected chi connectivity index (χ0v) is 18.1. The number of rotatable bonds is 4. The first-order valence-corrected chi connectivity index (χ1v) is 11.1. The Bertz CT molecular complexity index is 1220. The van der Waals surface area contributed by atoms with Gasteiger partial charge in [-0.15, -0.1) is 0 Å². The number of amides is 1. The Kier molecular flexibility index (Phi) is 5.54. The van der Waals surface area contributed by atoms with Gasteiger partial charge >= 0.3 is 0 Å². The Morgan fingerprint density at radius 1 is 0.812 bits per heavy atom. The summed E-state index contributed by atoms with van der Waals surface area (Å²) in [6.07, 6.45) is 1.22. The molecule has 3 aromatic rings. The molecular formula is C27H22ClNO3. The second kappa shape index (κ2) is 8.64. The standard InChI is InChI=1S/C27H22ClNO3/c28-23-12-5-4-11-21(23)18-14-24-27(25(30)15-18)22(16-26(31)29-24)17-7-6-10-20(13-17)32-19-8-2-1-3-9-19/h1-13,18,22H,14-16H2,(H,29,31)/t18-,22+/m1/s1. The summed E-state index contributed by atoms with van der Waals surface area (Å²) in [5.41, 5.74) is 3.29.